The van der Waals surface area contributed by atoms with Crippen molar-refractivity contribution in [3.05, 3.63) is 102 Å². The second-order valence-corrected chi connectivity index (χ2v) is 14.1. The van der Waals surface area contributed by atoms with E-state index in [0.717, 1.165) is 83.7 Å². The zero-order chi connectivity index (χ0) is 36.2. The average Bonchev–Trinajstić information content (AvgIpc) is 3.86. The highest BCUT2D eigenvalue weighted by Crippen LogP contribution is 2.36. The first-order valence-corrected chi connectivity index (χ1v) is 18.0. The van der Waals surface area contributed by atoms with Crippen LogP contribution in [0.3, 0.4) is 0 Å². The quantitative estimate of drug-likeness (QED) is 0.208. The molecule has 3 saturated heterocycles. The summed E-state index contributed by atoms with van der Waals surface area (Å²) in [5.41, 5.74) is 4.48. The predicted molar refractivity (Wildman–Crippen MR) is 194 cm³/mol. The van der Waals surface area contributed by atoms with Gasteiger partial charge in [-0.1, -0.05) is 18.2 Å². The van der Waals surface area contributed by atoms with Gasteiger partial charge in [0, 0.05) is 38.3 Å². The van der Waals surface area contributed by atoms with E-state index in [1.165, 1.54) is 6.07 Å². The molecule has 2 aromatic carbocycles. The van der Waals surface area contributed by atoms with E-state index in [0.29, 0.717) is 12.5 Å². The Morgan fingerprint density at radius 3 is 2.57 bits per heavy atom. The van der Waals surface area contributed by atoms with Gasteiger partial charge in [-0.15, -0.1) is 5.10 Å². The van der Waals surface area contributed by atoms with Crippen molar-refractivity contribution in [2.45, 2.75) is 44.2 Å². The number of carbonyl (C=O) groups excluding carboxylic acids is 4. The molecule has 4 aliphatic rings. The highest BCUT2D eigenvalue weighted by atomic mass is 19.1. The molecule has 4 aliphatic heterocycles. The van der Waals surface area contributed by atoms with E-state index in [9.17, 15) is 23.6 Å². The number of halogens is 1. The smallest absolute Gasteiger partial charge is 0.262 e. The van der Waals surface area contributed by atoms with Crippen LogP contribution >= 0.6 is 0 Å². The fourth-order valence-electron chi connectivity index (χ4n) is 7.98. The van der Waals surface area contributed by atoms with Gasteiger partial charge in [-0.2, -0.15) is 0 Å². The van der Waals surface area contributed by atoms with Gasteiger partial charge in [-0.25, -0.2) is 18.9 Å². The summed E-state index contributed by atoms with van der Waals surface area (Å²) >= 11 is 0. The molecular weight excluding hydrogens is 677 g/mol. The number of piperidine rings is 1. The third kappa shape index (κ3) is 5.93. The van der Waals surface area contributed by atoms with Gasteiger partial charge in [0.15, 0.2) is 5.65 Å². The summed E-state index contributed by atoms with van der Waals surface area (Å²) in [6.07, 6.45) is 4.83. The first kappa shape index (κ1) is 32.7. The van der Waals surface area contributed by atoms with E-state index in [1.807, 2.05) is 40.9 Å². The highest BCUT2D eigenvalue weighted by molar-refractivity contribution is 6.23. The van der Waals surface area contributed by atoms with Gasteiger partial charge in [0.1, 0.15) is 29.2 Å². The van der Waals surface area contributed by atoms with Gasteiger partial charge in [-0.3, -0.25) is 29.4 Å². The Bertz CT molecular complexity index is 2300. The second kappa shape index (κ2) is 13.1. The molecule has 3 fully saturated rings. The van der Waals surface area contributed by atoms with Crippen molar-refractivity contribution in [3.8, 4) is 11.4 Å². The highest BCUT2D eigenvalue weighted by Gasteiger charge is 2.44. The lowest BCUT2D eigenvalue weighted by Crippen LogP contribution is -2.54. The van der Waals surface area contributed by atoms with Crippen molar-refractivity contribution in [2.24, 2.45) is 5.92 Å². The zero-order valence-corrected chi connectivity index (χ0v) is 28.7. The number of rotatable bonds is 9. The fourth-order valence-corrected chi connectivity index (χ4v) is 7.98. The van der Waals surface area contributed by atoms with Crippen molar-refractivity contribution in [3.63, 3.8) is 0 Å². The van der Waals surface area contributed by atoms with Crippen LogP contribution in [0.25, 0.3) is 17.0 Å². The number of carbonyl (C=O) groups is 4. The van der Waals surface area contributed by atoms with Crippen molar-refractivity contribution in [1.82, 2.24) is 29.8 Å². The molecule has 2 unspecified atom stereocenters. The van der Waals surface area contributed by atoms with E-state index < -0.39 is 29.7 Å². The average molecular weight is 714 g/mol. The number of nitrogens with zero attached hydrogens (tertiary/aromatic N) is 7. The molecule has 9 rings (SSSR count). The minimum absolute atomic E-state index is 0.0553. The van der Waals surface area contributed by atoms with Crippen molar-refractivity contribution in [1.29, 1.82) is 0 Å². The lowest BCUT2D eigenvalue weighted by atomic mass is 9.96. The summed E-state index contributed by atoms with van der Waals surface area (Å²) < 4.78 is 15.9. The van der Waals surface area contributed by atoms with Gasteiger partial charge < -0.3 is 15.1 Å². The van der Waals surface area contributed by atoms with Crippen LogP contribution in [0, 0.1) is 11.7 Å². The number of hydrogen-bond donors (Lipinski definition) is 2. The molecule has 0 aliphatic carbocycles. The molecule has 0 saturated carbocycles. The Balaban J connectivity index is 0.823. The Morgan fingerprint density at radius 1 is 0.868 bits per heavy atom. The van der Waals surface area contributed by atoms with Crippen LogP contribution in [0.1, 0.15) is 64.4 Å². The van der Waals surface area contributed by atoms with Crippen LogP contribution in [0.4, 0.5) is 21.7 Å². The molecule has 0 bridgehead atoms. The number of benzene rings is 2. The number of hydrogen-bond acceptors (Lipinski definition) is 10. The Kier molecular flexibility index (Phi) is 8.09. The molecule has 2 N–H and O–H groups in total. The number of anilines is 3. The SMILES string of the molecule is O=C1CCC(N2C(=O)c3ccc(NCCC4CN(c5cccc(-c6cnc7ccc(N8CCCC8c8cccc(F)c8)nn67)n5)C4)cc3C2=O)C(=O)N1. The number of pyridine rings is 1. The summed E-state index contributed by atoms with van der Waals surface area (Å²) in [5.74, 6) is -0.156. The molecule has 13 nitrogen and oxygen atoms in total. The van der Waals surface area contributed by atoms with E-state index in [4.69, 9.17) is 10.1 Å². The largest absolute Gasteiger partial charge is 0.385 e. The Hall–Kier alpha value is -6.18. The molecule has 7 heterocycles. The summed E-state index contributed by atoms with van der Waals surface area (Å²) in [6, 6.07) is 20.8. The second-order valence-electron chi connectivity index (χ2n) is 14.1. The molecule has 53 heavy (non-hydrogen) atoms. The third-order valence-corrected chi connectivity index (χ3v) is 10.7. The number of nitrogens with one attached hydrogen (secondary N) is 2. The van der Waals surface area contributed by atoms with Crippen LogP contribution in [0.15, 0.2) is 79.0 Å². The van der Waals surface area contributed by atoms with Crippen LogP contribution in [0.5, 0.6) is 0 Å². The maximum Gasteiger partial charge on any atom is 0.262 e. The normalized spacial score (nSPS) is 20.3. The predicted octanol–water partition coefficient (Wildman–Crippen LogP) is 4.61. The number of aromatic nitrogens is 4. The molecule has 0 spiro atoms. The topological polar surface area (TPSA) is 145 Å². The van der Waals surface area contributed by atoms with Crippen LogP contribution in [-0.4, -0.2) is 80.3 Å². The maximum absolute atomic E-state index is 14.1. The van der Waals surface area contributed by atoms with Crippen LogP contribution in [-0.2, 0) is 9.59 Å². The van der Waals surface area contributed by atoms with Gasteiger partial charge in [0.05, 0.1) is 29.1 Å². The van der Waals surface area contributed by atoms with E-state index >= 15 is 0 Å². The molecule has 268 valence electrons. The number of fused-ring (bicyclic) bond motifs is 2. The van der Waals surface area contributed by atoms with Crippen molar-refractivity contribution >= 4 is 46.6 Å². The first-order chi connectivity index (χ1) is 25.8. The lowest BCUT2D eigenvalue weighted by molar-refractivity contribution is -0.136. The zero-order valence-electron chi connectivity index (χ0n) is 28.7. The Morgan fingerprint density at radius 2 is 1.72 bits per heavy atom. The summed E-state index contributed by atoms with van der Waals surface area (Å²) in [6.45, 7) is 3.21. The summed E-state index contributed by atoms with van der Waals surface area (Å²) in [4.78, 5) is 65.2. The molecule has 14 heteroatoms. The van der Waals surface area contributed by atoms with Crippen molar-refractivity contribution in [2.75, 3.05) is 41.3 Å². The van der Waals surface area contributed by atoms with Gasteiger partial charge in [0.25, 0.3) is 11.8 Å². The molecule has 0 radical (unpaired) electrons. The van der Waals surface area contributed by atoms with E-state index in [2.05, 4.69) is 25.4 Å². The molecule has 2 atom stereocenters. The van der Waals surface area contributed by atoms with E-state index in [-0.39, 0.29) is 35.8 Å². The fraction of sp³-hybridized carbons (Fsp3) is 0.308. The minimum atomic E-state index is -0.987. The first-order valence-electron chi connectivity index (χ1n) is 18.0. The monoisotopic (exact) mass is 713 g/mol. The van der Waals surface area contributed by atoms with Crippen LogP contribution < -0.4 is 20.4 Å². The molecule has 3 aromatic heterocycles. The van der Waals surface area contributed by atoms with Gasteiger partial charge in [-0.05, 0) is 91.8 Å². The summed E-state index contributed by atoms with van der Waals surface area (Å²) in [7, 11) is 0. The van der Waals surface area contributed by atoms with Crippen LogP contribution in [0.2, 0.25) is 0 Å². The molecular formula is C39H36FN9O4. The van der Waals surface area contributed by atoms with E-state index in [1.54, 1.807) is 36.5 Å². The van der Waals surface area contributed by atoms with Gasteiger partial charge >= 0.3 is 0 Å². The lowest BCUT2D eigenvalue weighted by Gasteiger charge is -2.40. The maximum atomic E-state index is 14.1. The van der Waals surface area contributed by atoms with Crippen molar-refractivity contribution < 1.29 is 23.6 Å². The minimum Gasteiger partial charge on any atom is -0.385 e. The molecule has 4 amide bonds. The summed E-state index contributed by atoms with van der Waals surface area (Å²) in [5, 5.41) is 10.6. The number of amides is 4. The number of imidazole rings is 1. The standard InChI is InChI=1S/C39H36FN9O4/c40-25-5-1-4-24(18-25)30-7-3-17-47(30)35-13-12-33-42-20-32(49(33)45-35)29-6-2-8-34(43-29)46-21-23(22-46)15-16-41-26-9-10-27-28(19-26)39(53)48(38(27)52)31-11-14-36(50)44-37(31)51/h1-2,4-6,8-10,12-13,18-20,23,30-31,41H,3,7,11,14-17,21-22H2,(H,44,50,51). The number of imide groups is 2. The Labute approximate surface area is 303 Å². The third-order valence-electron chi connectivity index (χ3n) is 10.7. The molecule has 5 aromatic rings. The van der Waals surface area contributed by atoms with Gasteiger partial charge in [0.2, 0.25) is 11.8 Å².